The van der Waals surface area contributed by atoms with Gasteiger partial charge in [-0.15, -0.1) is 0 Å². The Morgan fingerprint density at radius 1 is 1.42 bits per heavy atom. The minimum absolute atomic E-state index is 0.144. The maximum absolute atomic E-state index is 6.05. The van der Waals surface area contributed by atoms with Crippen molar-refractivity contribution in [2.75, 3.05) is 27.4 Å². The number of hydrogen-bond donors (Lipinski definition) is 1. The number of ether oxygens (including phenoxy) is 2. The lowest BCUT2D eigenvalue weighted by Gasteiger charge is -2.42. The van der Waals surface area contributed by atoms with E-state index in [0.717, 1.165) is 37.5 Å². The molecule has 106 valence electrons. The molecule has 1 aromatic rings. The van der Waals surface area contributed by atoms with Gasteiger partial charge >= 0.3 is 0 Å². The molecule has 2 rings (SSSR count). The molecule has 0 spiro atoms. The average Bonchev–Trinajstić information content (AvgIpc) is 2.45. The van der Waals surface area contributed by atoms with Crippen LogP contribution < -0.4 is 5.32 Å². The maximum Gasteiger partial charge on any atom is 0.0877 e. The van der Waals surface area contributed by atoms with Gasteiger partial charge in [0.2, 0.25) is 0 Å². The minimum atomic E-state index is -0.144. The molecule has 0 amide bonds. The summed E-state index contributed by atoms with van der Waals surface area (Å²) in [6.45, 7) is 1.53. The largest absolute Gasteiger partial charge is 0.381 e. The van der Waals surface area contributed by atoms with Crippen LogP contribution in [0.1, 0.15) is 18.4 Å². The van der Waals surface area contributed by atoms with E-state index in [1.54, 1.807) is 7.11 Å². The van der Waals surface area contributed by atoms with Gasteiger partial charge in [-0.1, -0.05) is 23.7 Å². The van der Waals surface area contributed by atoms with Crippen molar-refractivity contribution in [3.63, 3.8) is 0 Å². The zero-order valence-electron chi connectivity index (χ0n) is 11.6. The van der Waals surface area contributed by atoms with Crippen LogP contribution in [0.3, 0.4) is 0 Å². The third kappa shape index (κ3) is 3.48. The van der Waals surface area contributed by atoms with Crippen molar-refractivity contribution < 1.29 is 9.47 Å². The van der Waals surface area contributed by atoms with Crippen LogP contribution in [0.2, 0.25) is 5.02 Å². The quantitative estimate of drug-likeness (QED) is 0.901. The Morgan fingerprint density at radius 3 is 2.74 bits per heavy atom. The number of benzene rings is 1. The second kappa shape index (κ2) is 6.71. The fraction of sp³-hybridized carbons (Fsp3) is 0.600. The van der Waals surface area contributed by atoms with Crippen LogP contribution in [0.4, 0.5) is 0 Å². The normalized spacial score (nSPS) is 20.2. The Labute approximate surface area is 120 Å². The molecule has 4 heteroatoms. The highest BCUT2D eigenvalue weighted by atomic mass is 35.5. The summed E-state index contributed by atoms with van der Waals surface area (Å²) in [4.78, 5) is 0. The summed E-state index contributed by atoms with van der Waals surface area (Å²) >= 11 is 6.05. The molecule has 0 bridgehead atoms. The van der Waals surface area contributed by atoms with Crippen molar-refractivity contribution in [1.82, 2.24) is 5.32 Å². The highest BCUT2D eigenvalue weighted by Crippen LogP contribution is 2.30. The first kappa shape index (κ1) is 14.8. The molecule has 1 aliphatic heterocycles. The SMILES string of the molecule is CNC(Cc1cccc(Cl)c1)C1(OC)CCOCC1. The van der Waals surface area contributed by atoms with E-state index in [4.69, 9.17) is 21.1 Å². The summed E-state index contributed by atoms with van der Waals surface area (Å²) in [5, 5.41) is 4.19. The molecule has 1 N–H and O–H groups in total. The van der Waals surface area contributed by atoms with E-state index < -0.39 is 0 Å². The van der Waals surface area contributed by atoms with E-state index in [9.17, 15) is 0 Å². The van der Waals surface area contributed by atoms with Crippen LogP contribution >= 0.6 is 11.6 Å². The maximum atomic E-state index is 6.05. The van der Waals surface area contributed by atoms with Crippen LogP contribution in [0, 0.1) is 0 Å². The summed E-state index contributed by atoms with van der Waals surface area (Å²) in [6.07, 6.45) is 2.76. The zero-order valence-corrected chi connectivity index (χ0v) is 12.4. The van der Waals surface area contributed by atoms with Gasteiger partial charge in [-0.25, -0.2) is 0 Å². The number of nitrogens with one attached hydrogen (secondary N) is 1. The molecule has 1 aliphatic rings. The van der Waals surface area contributed by atoms with E-state index in [2.05, 4.69) is 11.4 Å². The number of likely N-dealkylation sites (N-methyl/N-ethyl adjacent to an activating group) is 1. The molecule has 1 atom stereocenters. The molecule has 1 saturated heterocycles. The smallest absolute Gasteiger partial charge is 0.0877 e. The minimum Gasteiger partial charge on any atom is -0.381 e. The second-order valence-corrected chi connectivity index (χ2v) is 5.49. The molecule has 1 aromatic carbocycles. The molecular weight excluding hydrogens is 262 g/mol. The number of rotatable bonds is 5. The van der Waals surface area contributed by atoms with E-state index in [-0.39, 0.29) is 11.6 Å². The fourth-order valence-electron chi connectivity index (χ4n) is 2.86. The van der Waals surface area contributed by atoms with Crippen molar-refractivity contribution in [2.24, 2.45) is 0 Å². The number of halogens is 1. The molecule has 19 heavy (non-hydrogen) atoms. The molecule has 1 fully saturated rings. The van der Waals surface area contributed by atoms with Gasteiger partial charge in [-0.2, -0.15) is 0 Å². The molecule has 0 aliphatic carbocycles. The van der Waals surface area contributed by atoms with Crippen molar-refractivity contribution in [3.05, 3.63) is 34.9 Å². The third-order valence-corrected chi connectivity index (χ3v) is 4.29. The molecule has 0 radical (unpaired) electrons. The summed E-state index contributed by atoms with van der Waals surface area (Å²) in [5.74, 6) is 0. The van der Waals surface area contributed by atoms with Crippen LogP contribution in [-0.2, 0) is 15.9 Å². The topological polar surface area (TPSA) is 30.5 Å². The first-order chi connectivity index (χ1) is 9.20. The van der Waals surface area contributed by atoms with Gasteiger partial charge in [0.15, 0.2) is 0 Å². The Kier molecular flexibility index (Phi) is 5.22. The van der Waals surface area contributed by atoms with Crippen molar-refractivity contribution >= 4 is 11.6 Å². The van der Waals surface area contributed by atoms with Crippen LogP contribution in [0.15, 0.2) is 24.3 Å². The molecular formula is C15H22ClNO2. The summed E-state index contributed by atoms with van der Waals surface area (Å²) in [5.41, 5.74) is 1.09. The Balaban J connectivity index is 2.14. The van der Waals surface area contributed by atoms with Crippen molar-refractivity contribution in [2.45, 2.75) is 30.9 Å². The molecule has 1 unspecified atom stereocenters. The van der Waals surface area contributed by atoms with Gasteiger partial charge in [0.1, 0.15) is 0 Å². The average molecular weight is 284 g/mol. The molecule has 3 nitrogen and oxygen atoms in total. The first-order valence-corrected chi connectivity index (χ1v) is 7.12. The van der Waals surface area contributed by atoms with Crippen molar-refractivity contribution in [3.8, 4) is 0 Å². The second-order valence-electron chi connectivity index (χ2n) is 5.06. The summed E-state index contributed by atoms with van der Waals surface area (Å²) < 4.78 is 11.3. The summed E-state index contributed by atoms with van der Waals surface area (Å²) in [7, 11) is 3.79. The predicted molar refractivity (Wildman–Crippen MR) is 77.8 cm³/mol. The van der Waals surface area contributed by atoms with E-state index in [1.807, 2.05) is 25.2 Å². The highest BCUT2D eigenvalue weighted by molar-refractivity contribution is 6.30. The Bertz CT molecular complexity index is 405. The van der Waals surface area contributed by atoms with Crippen LogP contribution in [-0.4, -0.2) is 39.0 Å². The van der Waals surface area contributed by atoms with E-state index >= 15 is 0 Å². The fourth-order valence-corrected chi connectivity index (χ4v) is 3.08. The number of methoxy groups -OCH3 is 1. The Morgan fingerprint density at radius 2 is 2.16 bits per heavy atom. The van der Waals surface area contributed by atoms with E-state index in [0.29, 0.717) is 0 Å². The van der Waals surface area contributed by atoms with Gasteiger partial charge in [-0.05, 0) is 31.2 Å². The Hall–Kier alpha value is -0.610. The lowest BCUT2D eigenvalue weighted by molar-refractivity contribution is -0.109. The van der Waals surface area contributed by atoms with Gasteiger partial charge in [-0.3, -0.25) is 0 Å². The summed E-state index contributed by atoms with van der Waals surface area (Å²) in [6, 6.07) is 8.29. The van der Waals surface area contributed by atoms with Gasteiger partial charge in [0, 0.05) is 44.2 Å². The van der Waals surface area contributed by atoms with E-state index in [1.165, 1.54) is 5.56 Å². The zero-order chi connectivity index (χ0) is 13.7. The number of hydrogen-bond acceptors (Lipinski definition) is 3. The molecule has 1 heterocycles. The lowest BCUT2D eigenvalue weighted by atomic mass is 9.82. The van der Waals surface area contributed by atoms with Crippen LogP contribution in [0.25, 0.3) is 0 Å². The predicted octanol–water partition coefficient (Wildman–Crippen LogP) is 2.67. The molecule has 0 saturated carbocycles. The van der Waals surface area contributed by atoms with Gasteiger partial charge in [0.25, 0.3) is 0 Å². The van der Waals surface area contributed by atoms with Crippen LogP contribution in [0.5, 0.6) is 0 Å². The first-order valence-electron chi connectivity index (χ1n) is 6.75. The standard InChI is InChI=1S/C15H22ClNO2/c1-17-14(11-12-4-3-5-13(16)10-12)15(18-2)6-8-19-9-7-15/h3-5,10,14,17H,6-9,11H2,1-2H3. The molecule has 0 aromatic heterocycles. The third-order valence-electron chi connectivity index (χ3n) is 4.06. The monoisotopic (exact) mass is 283 g/mol. The highest BCUT2D eigenvalue weighted by Gasteiger charge is 2.39. The lowest BCUT2D eigenvalue weighted by Crippen LogP contribution is -2.55. The van der Waals surface area contributed by atoms with Crippen molar-refractivity contribution in [1.29, 1.82) is 0 Å². The van der Waals surface area contributed by atoms with Gasteiger partial charge < -0.3 is 14.8 Å². The van der Waals surface area contributed by atoms with Gasteiger partial charge in [0.05, 0.1) is 5.60 Å².